The summed E-state index contributed by atoms with van der Waals surface area (Å²) in [5, 5.41) is 6.57. The number of nitrogens with one attached hydrogen (secondary N) is 2. The maximum absolute atomic E-state index is 11.4. The number of carbonyl (C=O) groups excluding carboxylic acids is 1. The molecule has 0 bridgehead atoms. The van der Waals surface area contributed by atoms with Gasteiger partial charge in [-0.05, 0) is 49.4 Å². The first-order chi connectivity index (χ1) is 10.2. The van der Waals surface area contributed by atoms with Crippen molar-refractivity contribution in [1.82, 2.24) is 0 Å². The zero-order chi connectivity index (χ0) is 14.7. The van der Waals surface area contributed by atoms with Crippen LogP contribution in [0.15, 0.2) is 18.2 Å². The van der Waals surface area contributed by atoms with Gasteiger partial charge >= 0.3 is 0 Å². The maximum Gasteiger partial charge on any atom is 0.224 e. The van der Waals surface area contributed by atoms with Gasteiger partial charge in [0.05, 0.1) is 6.10 Å². The molecule has 0 aromatic heterocycles. The Labute approximate surface area is 126 Å². The highest BCUT2D eigenvalue weighted by Gasteiger charge is 2.22. The molecule has 2 N–H and O–H groups in total. The molecule has 1 aromatic rings. The van der Waals surface area contributed by atoms with Gasteiger partial charge in [0.2, 0.25) is 5.91 Å². The summed E-state index contributed by atoms with van der Waals surface area (Å²) in [7, 11) is 0. The number of ether oxygens (including phenoxy) is 1. The lowest BCUT2D eigenvalue weighted by atomic mass is 9.98. The molecule has 0 spiro atoms. The number of amides is 1. The van der Waals surface area contributed by atoms with Gasteiger partial charge in [-0.3, -0.25) is 4.79 Å². The van der Waals surface area contributed by atoms with Gasteiger partial charge in [0.15, 0.2) is 0 Å². The average molecular weight is 288 g/mol. The number of aryl methyl sites for hydroxylation is 1. The van der Waals surface area contributed by atoms with Crippen molar-refractivity contribution in [3.05, 3.63) is 23.8 Å². The highest BCUT2D eigenvalue weighted by Crippen LogP contribution is 2.27. The highest BCUT2D eigenvalue weighted by molar-refractivity contribution is 5.94. The number of rotatable bonds is 4. The van der Waals surface area contributed by atoms with E-state index in [9.17, 15) is 4.79 Å². The fourth-order valence-electron chi connectivity index (χ4n) is 3.24. The van der Waals surface area contributed by atoms with Gasteiger partial charge in [-0.15, -0.1) is 0 Å². The van der Waals surface area contributed by atoms with Crippen LogP contribution in [-0.2, 0) is 16.0 Å². The molecule has 2 unspecified atom stereocenters. The first-order valence-electron chi connectivity index (χ1n) is 8.05. The number of carbonyl (C=O) groups is 1. The Morgan fingerprint density at radius 3 is 3.14 bits per heavy atom. The number of hydrogen-bond acceptors (Lipinski definition) is 3. The number of hydrogen-bond donors (Lipinski definition) is 2. The Hall–Kier alpha value is -1.55. The third kappa shape index (κ3) is 3.56. The molecule has 3 rings (SSSR count). The fraction of sp³-hybridized carbons (Fsp3) is 0.588. The summed E-state index contributed by atoms with van der Waals surface area (Å²) in [5.41, 5.74) is 3.36. The molecule has 21 heavy (non-hydrogen) atoms. The van der Waals surface area contributed by atoms with E-state index in [0.717, 1.165) is 43.7 Å². The SMILES string of the molecule is CCCC1CC(Nc2ccc3c(c2)CCC(=O)N3)CCO1. The van der Waals surface area contributed by atoms with Crippen LogP contribution < -0.4 is 10.6 Å². The van der Waals surface area contributed by atoms with Crippen molar-refractivity contribution >= 4 is 17.3 Å². The molecule has 2 heterocycles. The highest BCUT2D eigenvalue weighted by atomic mass is 16.5. The molecule has 0 radical (unpaired) electrons. The van der Waals surface area contributed by atoms with Crippen molar-refractivity contribution in [3.63, 3.8) is 0 Å². The maximum atomic E-state index is 11.4. The smallest absolute Gasteiger partial charge is 0.224 e. The summed E-state index contributed by atoms with van der Waals surface area (Å²) in [4.78, 5) is 11.4. The van der Waals surface area contributed by atoms with Crippen molar-refractivity contribution in [1.29, 1.82) is 0 Å². The second-order valence-corrected chi connectivity index (χ2v) is 6.07. The summed E-state index contributed by atoms with van der Waals surface area (Å²) in [6.07, 6.45) is 6.30. The zero-order valence-corrected chi connectivity index (χ0v) is 12.7. The minimum atomic E-state index is 0.120. The first-order valence-corrected chi connectivity index (χ1v) is 8.05. The predicted octanol–water partition coefficient (Wildman–Crippen LogP) is 3.33. The van der Waals surface area contributed by atoms with Crippen molar-refractivity contribution in [2.45, 2.75) is 57.6 Å². The van der Waals surface area contributed by atoms with Gasteiger partial charge in [0.25, 0.3) is 0 Å². The van der Waals surface area contributed by atoms with E-state index in [2.05, 4.69) is 29.7 Å². The van der Waals surface area contributed by atoms with Crippen LogP contribution in [0.2, 0.25) is 0 Å². The molecule has 2 aliphatic rings. The van der Waals surface area contributed by atoms with Crippen LogP contribution in [0.25, 0.3) is 0 Å². The standard InChI is InChI=1S/C17H24N2O2/c1-2-3-15-11-14(8-9-21-15)18-13-5-6-16-12(10-13)4-7-17(20)19-16/h5-6,10,14-15,18H,2-4,7-9,11H2,1H3,(H,19,20). The zero-order valence-electron chi connectivity index (χ0n) is 12.7. The summed E-state index contributed by atoms with van der Waals surface area (Å²) in [6.45, 7) is 3.06. The third-order valence-electron chi connectivity index (χ3n) is 4.35. The Morgan fingerprint density at radius 2 is 2.29 bits per heavy atom. The van der Waals surface area contributed by atoms with Crippen LogP contribution in [0.4, 0.5) is 11.4 Å². The van der Waals surface area contributed by atoms with Crippen LogP contribution in [0.3, 0.4) is 0 Å². The van der Waals surface area contributed by atoms with E-state index in [1.165, 1.54) is 12.0 Å². The van der Waals surface area contributed by atoms with Crippen LogP contribution in [0, 0.1) is 0 Å². The van der Waals surface area contributed by atoms with Crippen molar-refractivity contribution in [3.8, 4) is 0 Å². The van der Waals surface area contributed by atoms with E-state index in [-0.39, 0.29) is 5.91 Å². The number of fused-ring (bicyclic) bond motifs is 1. The third-order valence-corrected chi connectivity index (χ3v) is 4.35. The minimum Gasteiger partial charge on any atom is -0.382 e. The van der Waals surface area contributed by atoms with Crippen molar-refractivity contribution in [2.24, 2.45) is 0 Å². The Kier molecular flexibility index (Phi) is 4.44. The molecule has 4 heteroatoms. The van der Waals surface area contributed by atoms with E-state index >= 15 is 0 Å². The fourth-order valence-corrected chi connectivity index (χ4v) is 3.24. The number of benzene rings is 1. The molecule has 0 saturated carbocycles. The Bertz CT molecular complexity index is 514. The van der Waals surface area contributed by atoms with E-state index in [4.69, 9.17) is 4.74 Å². The molecular formula is C17H24N2O2. The lowest BCUT2D eigenvalue weighted by Gasteiger charge is -2.31. The van der Waals surface area contributed by atoms with Crippen molar-refractivity contribution < 1.29 is 9.53 Å². The van der Waals surface area contributed by atoms with Crippen LogP contribution >= 0.6 is 0 Å². The summed E-state index contributed by atoms with van der Waals surface area (Å²) in [6, 6.07) is 6.75. The summed E-state index contributed by atoms with van der Waals surface area (Å²) in [5.74, 6) is 0.120. The topological polar surface area (TPSA) is 50.4 Å². The second kappa shape index (κ2) is 6.48. The molecule has 1 saturated heterocycles. The molecule has 1 aromatic carbocycles. The average Bonchev–Trinajstić information content (AvgIpc) is 2.48. The molecule has 1 fully saturated rings. The van der Waals surface area contributed by atoms with Crippen LogP contribution in [-0.4, -0.2) is 24.7 Å². The molecule has 4 nitrogen and oxygen atoms in total. The quantitative estimate of drug-likeness (QED) is 0.893. The molecule has 2 aliphatic heterocycles. The summed E-state index contributed by atoms with van der Waals surface area (Å²) < 4.78 is 5.80. The number of anilines is 2. The predicted molar refractivity (Wildman–Crippen MR) is 84.7 cm³/mol. The molecular weight excluding hydrogens is 264 g/mol. The minimum absolute atomic E-state index is 0.120. The van der Waals surface area contributed by atoms with Gasteiger partial charge < -0.3 is 15.4 Å². The Morgan fingerprint density at radius 1 is 1.38 bits per heavy atom. The molecule has 0 aliphatic carbocycles. The van der Waals surface area contributed by atoms with Crippen LogP contribution in [0.1, 0.15) is 44.6 Å². The molecule has 114 valence electrons. The van der Waals surface area contributed by atoms with Gasteiger partial charge in [-0.1, -0.05) is 13.3 Å². The lowest BCUT2D eigenvalue weighted by molar-refractivity contribution is -0.116. The monoisotopic (exact) mass is 288 g/mol. The summed E-state index contributed by atoms with van der Waals surface area (Å²) >= 11 is 0. The van der Waals surface area contributed by atoms with E-state index in [1.54, 1.807) is 0 Å². The Balaban J connectivity index is 1.64. The normalized spacial score (nSPS) is 25.1. The van der Waals surface area contributed by atoms with E-state index in [0.29, 0.717) is 18.6 Å². The van der Waals surface area contributed by atoms with Gasteiger partial charge in [-0.2, -0.15) is 0 Å². The molecule has 1 amide bonds. The van der Waals surface area contributed by atoms with Crippen molar-refractivity contribution in [2.75, 3.05) is 17.2 Å². The van der Waals surface area contributed by atoms with Gasteiger partial charge in [-0.25, -0.2) is 0 Å². The molecule has 2 atom stereocenters. The van der Waals surface area contributed by atoms with E-state index < -0.39 is 0 Å². The van der Waals surface area contributed by atoms with E-state index in [1.807, 2.05) is 6.07 Å². The first kappa shape index (κ1) is 14.4. The largest absolute Gasteiger partial charge is 0.382 e. The van der Waals surface area contributed by atoms with Gasteiger partial charge in [0, 0.05) is 30.4 Å². The second-order valence-electron chi connectivity index (χ2n) is 6.07. The lowest BCUT2D eigenvalue weighted by Crippen LogP contribution is -2.34. The van der Waals surface area contributed by atoms with Crippen LogP contribution in [0.5, 0.6) is 0 Å². The van der Waals surface area contributed by atoms with Gasteiger partial charge in [0.1, 0.15) is 0 Å².